The van der Waals surface area contributed by atoms with Gasteiger partial charge in [0.25, 0.3) is 11.8 Å². The van der Waals surface area contributed by atoms with Gasteiger partial charge in [-0.15, -0.1) is 0 Å². The number of benzene rings is 2. The van der Waals surface area contributed by atoms with E-state index in [0.717, 1.165) is 12.1 Å². The van der Waals surface area contributed by atoms with E-state index in [9.17, 15) is 22.8 Å². The van der Waals surface area contributed by atoms with E-state index in [0.29, 0.717) is 5.56 Å². The third-order valence-corrected chi connectivity index (χ3v) is 3.82. The van der Waals surface area contributed by atoms with E-state index in [-0.39, 0.29) is 11.4 Å². The molecule has 1 aromatic heterocycles. The van der Waals surface area contributed by atoms with Crippen LogP contribution < -0.4 is 10.6 Å². The molecule has 0 aliphatic rings. The highest BCUT2D eigenvalue weighted by molar-refractivity contribution is 6.10. The molecule has 8 heteroatoms. The Balaban J connectivity index is 1.85. The fourth-order valence-electron chi connectivity index (χ4n) is 2.51. The summed E-state index contributed by atoms with van der Waals surface area (Å²) in [6, 6.07) is 13.9. The van der Waals surface area contributed by atoms with Gasteiger partial charge in [0, 0.05) is 12.4 Å². The zero-order valence-electron chi connectivity index (χ0n) is 14.3. The number of alkyl halides is 3. The first kappa shape index (κ1) is 19.1. The Morgan fingerprint density at radius 1 is 0.786 bits per heavy atom. The van der Waals surface area contributed by atoms with Crippen molar-refractivity contribution in [2.24, 2.45) is 0 Å². The van der Waals surface area contributed by atoms with Crippen molar-refractivity contribution < 1.29 is 22.8 Å². The predicted molar refractivity (Wildman–Crippen MR) is 98.0 cm³/mol. The number of pyridine rings is 1. The van der Waals surface area contributed by atoms with E-state index >= 15 is 0 Å². The summed E-state index contributed by atoms with van der Waals surface area (Å²) in [4.78, 5) is 28.6. The van der Waals surface area contributed by atoms with Crippen molar-refractivity contribution in [3.8, 4) is 0 Å². The maximum atomic E-state index is 13.1. The zero-order chi connectivity index (χ0) is 20.1. The molecule has 2 N–H and O–H groups in total. The van der Waals surface area contributed by atoms with Gasteiger partial charge in [0.05, 0.1) is 28.1 Å². The Kier molecular flexibility index (Phi) is 5.39. The molecular formula is C20H14F3N3O2. The molecule has 0 unspecified atom stereocenters. The Morgan fingerprint density at radius 2 is 1.39 bits per heavy atom. The van der Waals surface area contributed by atoms with E-state index in [1.54, 1.807) is 24.3 Å². The van der Waals surface area contributed by atoms with Crippen LogP contribution in [0.15, 0.2) is 73.1 Å². The van der Waals surface area contributed by atoms with E-state index in [1.165, 1.54) is 36.7 Å². The molecule has 0 bridgehead atoms. The molecule has 0 atom stereocenters. The van der Waals surface area contributed by atoms with Gasteiger partial charge in [0.15, 0.2) is 0 Å². The van der Waals surface area contributed by atoms with Gasteiger partial charge in [0.1, 0.15) is 0 Å². The third kappa shape index (κ3) is 4.35. The van der Waals surface area contributed by atoms with Crippen molar-refractivity contribution >= 4 is 23.2 Å². The fourth-order valence-corrected chi connectivity index (χ4v) is 2.51. The van der Waals surface area contributed by atoms with Crippen molar-refractivity contribution in [2.45, 2.75) is 6.18 Å². The van der Waals surface area contributed by atoms with Crippen LogP contribution in [0.25, 0.3) is 0 Å². The van der Waals surface area contributed by atoms with Crippen LogP contribution in [0.2, 0.25) is 0 Å². The molecule has 5 nitrogen and oxygen atoms in total. The molecule has 0 saturated heterocycles. The Labute approximate surface area is 158 Å². The second-order valence-electron chi connectivity index (χ2n) is 5.74. The topological polar surface area (TPSA) is 71.1 Å². The zero-order valence-corrected chi connectivity index (χ0v) is 14.3. The average molecular weight is 385 g/mol. The lowest BCUT2D eigenvalue weighted by Gasteiger charge is -2.15. The number of carbonyl (C=O) groups excluding carboxylic acids is 2. The third-order valence-electron chi connectivity index (χ3n) is 3.82. The minimum atomic E-state index is -4.66. The minimum Gasteiger partial charge on any atom is -0.320 e. The molecule has 1 heterocycles. The smallest absolute Gasteiger partial charge is 0.320 e. The molecule has 0 fully saturated rings. The summed E-state index contributed by atoms with van der Waals surface area (Å²) in [6.07, 6.45) is -1.78. The first-order valence-electron chi connectivity index (χ1n) is 8.14. The van der Waals surface area contributed by atoms with Crippen LogP contribution in [0, 0.1) is 0 Å². The monoisotopic (exact) mass is 385 g/mol. The summed E-state index contributed by atoms with van der Waals surface area (Å²) in [5.74, 6) is -1.40. The molecule has 0 aliphatic heterocycles. The SMILES string of the molecule is O=C(Nc1ccccc1NC(=O)c1ccccc1C(F)(F)F)c1cccnc1. The lowest BCUT2D eigenvalue weighted by Crippen LogP contribution is -2.20. The molecule has 0 aliphatic carbocycles. The number of hydrogen-bond donors (Lipinski definition) is 2. The van der Waals surface area contributed by atoms with Crippen LogP contribution in [-0.4, -0.2) is 16.8 Å². The molecule has 0 saturated carbocycles. The normalized spacial score (nSPS) is 11.0. The number of carbonyl (C=O) groups is 2. The highest BCUT2D eigenvalue weighted by atomic mass is 19.4. The van der Waals surface area contributed by atoms with Crippen molar-refractivity contribution in [2.75, 3.05) is 10.6 Å². The highest BCUT2D eigenvalue weighted by Crippen LogP contribution is 2.32. The van der Waals surface area contributed by atoms with Gasteiger partial charge in [-0.1, -0.05) is 24.3 Å². The number of nitrogens with one attached hydrogen (secondary N) is 2. The first-order valence-corrected chi connectivity index (χ1v) is 8.14. The van der Waals surface area contributed by atoms with Gasteiger partial charge in [-0.25, -0.2) is 0 Å². The number of para-hydroxylation sites is 2. The quantitative estimate of drug-likeness (QED) is 0.689. The van der Waals surface area contributed by atoms with Crippen LogP contribution in [-0.2, 0) is 6.18 Å². The molecule has 142 valence electrons. The second kappa shape index (κ2) is 7.91. The molecule has 2 amide bonds. The van der Waals surface area contributed by atoms with E-state index < -0.39 is 29.1 Å². The van der Waals surface area contributed by atoms with Gasteiger partial charge in [0.2, 0.25) is 0 Å². The number of anilines is 2. The highest BCUT2D eigenvalue weighted by Gasteiger charge is 2.34. The molecule has 3 aromatic rings. The van der Waals surface area contributed by atoms with Crippen LogP contribution in [0.4, 0.5) is 24.5 Å². The van der Waals surface area contributed by atoms with Gasteiger partial charge in [-0.3, -0.25) is 14.6 Å². The average Bonchev–Trinajstić information content (AvgIpc) is 2.69. The van der Waals surface area contributed by atoms with Crippen molar-refractivity contribution in [1.29, 1.82) is 0 Å². The number of halogens is 3. The summed E-state index contributed by atoms with van der Waals surface area (Å²) >= 11 is 0. The van der Waals surface area contributed by atoms with Crippen LogP contribution in [0.5, 0.6) is 0 Å². The summed E-state index contributed by atoms with van der Waals surface area (Å²) in [6.45, 7) is 0. The summed E-state index contributed by atoms with van der Waals surface area (Å²) in [7, 11) is 0. The van der Waals surface area contributed by atoms with E-state index in [4.69, 9.17) is 0 Å². The number of rotatable bonds is 4. The Bertz CT molecular complexity index is 1000. The number of hydrogen-bond acceptors (Lipinski definition) is 3. The molecule has 2 aromatic carbocycles. The van der Waals surface area contributed by atoms with Crippen LogP contribution >= 0.6 is 0 Å². The lowest BCUT2D eigenvalue weighted by molar-refractivity contribution is -0.137. The minimum absolute atomic E-state index is 0.168. The Hall–Kier alpha value is -3.68. The van der Waals surface area contributed by atoms with E-state index in [2.05, 4.69) is 15.6 Å². The molecule has 3 rings (SSSR count). The summed E-state index contributed by atoms with van der Waals surface area (Å²) in [5, 5.41) is 5.04. The molecule has 0 radical (unpaired) electrons. The predicted octanol–water partition coefficient (Wildman–Crippen LogP) is 4.61. The standard InChI is InChI=1S/C20H14F3N3O2/c21-20(22,23)15-8-2-1-7-14(15)19(28)26-17-10-4-3-9-16(17)25-18(27)13-6-5-11-24-12-13/h1-12H,(H,25,27)(H,26,28). The fraction of sp³-hybridized carbons (Fsp3) is 0.0500. The van der Waals surface area contributed by atoms with Crippen molar-refractivity contribution in [1.82, 2.24) is 4.98 Å². The first-order chi connectivity index (χ1) is 13.4. The maximum absolute atomic E-state index is 13.1. The van der Waals surface area contributed by atoms with Crippen LogP contribution in [0.3, 0.4) is 0 Å². The Morgan fingerprint density at radius 3 is 2.00 bits per heavy atom. The number of nitrogens with zero attached hydrogens (tertiary/aromatic N) is 1. The van der Waals surface area contributed by atoms with Crippen molar-refractivity contribution in [3.05, 3.63) is 89.7 Å². The summed E-state index contributed by atoms with van der Waals surface area (Å²) < 4.78 is 39.4. The van der Waals surface area contributed by atoms with Crippen LogP contribution in [0.1, 0.15) is 26.3 Å². The second-order valence-corrected chi connectivity index (χ2v) is 5.74. The van der Waals surface area contributed by atoms with Gasteiger partial charge in [-0.05, 0) is 36.4 Å². The van der Waals surface area contributed by atoms with E-state index in [1.807, 2.05) is 0 Å². The van der Waals surface area contributed by atoms with Gasteiger partial charge < -0.3 is 10.6 Å². The maximum Gasteiger partial charge on any atom is 0.417 e. The number of aromatic nitrogens is 1. The molecule has 28 heavy (non-hydrogen) atoms. The number of amides is 2. The van der Waals surface area contributed by atoms with Crippen molar-refractivity contribution in [3.63, 3.8) is 0 Å². The largest absolute Gasteiger partial charge is 0.417 e. The summed E-state index contributed by atoms with van der Waals surface area (Å²) in [5.41, 5.74) is -0.838. The van der Waals surface area contributed by atoms with Gasteiger partial charge >= 0.3 is 6.18 Å². The van der Waals surface area contributed by atoms with Gasteiger partial charge in [-0.2, -0.15) is 13.2 Å². The molecule has 0 spiro atoms. The lowest BCUT2D eigenvalue weighted by atomic mass is 10.1. The molecular weight excluding hydrogens is 371 g/mol.